The van der Waals surface area contributed by atoms with Gasteiger partial charge in [-0.2, -0.15) is 0 Å². The van der Waals surface area contributed by atoms with Crippen molar-refractivity contribution in [2.45, 2.75) is 6.61 Å². The highest BCUT2D eigenvalue weighted by Gasteiger charge is 2.00. The summed E-state index contributed by atoms with van der Waals surface area (Å²) in [6.45, 7) is 0.0198. The number of hydrogen-bond acceptors (Lipinski definition) is 3. The molecule has 2 aromatic rings. The fourth-order valence-corrected chi connectivity index (χ4v) is 1.39. The first kappa shape index (κ1) is 9.68. The largest absolute Gasteiger partial charge is 0.506 e. The van der Waals surface area contributed by atoms with Crippen LogP contribution in [0.25, 0.3) is 11.3 Å². The highest BCUT2D eigenvalue weighted by atomic mass is 16.3. The van der Waals surface area contributed by atoms with E-state index in [1.807, 2.05) is 24.3 Å². The lowest BCUT2D eigenvalue weighted by molar-refractivity contribution is 0.282. The second-order valence-corrected chi connectivity index (χ2v) is 3.26. The van der Waals surface area contributed by atoms with Crippen LogP contribution in [0, 0.1) is 0 Å². The molecule has 3 nitrogen and oxygen atoms in total. The Hall–Kier alpha value is -1.87. The minimum absolute atomic E-state index is 0.0198. The van der Waals surface area contributed by atoms with Gasteiger partial charge in [0.05, 0.1) is 18.5 Å². The summed E-state index contributed by atoms with van der Waals surface area (Å²) >= 11 is 0. The standard InChI is InChI=1S/C12H11NO2/c14-8-9-2-1-3-10(6-9)12-5-4-11(15)7-13-12/h1-7,14-15H,8H2. The van der Waals surface area contributed by atoms with Crippen molar-refractivity contribution in [2.75, 3.05) is 0 Å². The minimum Gasteiger partial charge on any atom is -0.506 e. The monoisotopic (exact) mass is 201 g/mol. The van der Waals surface area contributed by atoms with E-state index in [0.717, 1.165) is 16.8 Å². The van der Waals surface area contributed by atoms with Crippen molar-refractivity contribution in [3.63, 3.8) is 0 Å². The van der Waals surface area contributed by atoms with E-state index in [9.17, 15) is 0 Å². The average molecular weight is 201 g/mol. The van der Waals surface area contributed by atoms with E-state index < -0.39 is 0 Å². The maximum atomic E-state index is 9.10. The van der Waals surface area contributed by atoms with Gasteiger partial charge in [-0.25, -0.2) is 0 Å². The molecule has 0 radical (unpaired) electrons. The molecule has 2 rings (SSSR count). The first-order valence-corrected chi connectivity index (χ1v) is 4.65. The van der Waals surface area contributed by atoms with Crippen LogP contribution in [0.4, 0.5) is 0 Å². The highest BCUT2D eigenvalue weighted by Crippen LogP contribution is 2.19. The fraction of sp³-hybridized carbons (Fsp3) is 0.0833. The van der Waals surface area contributed by atoms with Crippen molar-refractivity contribution >= 4 is 0 Å². The summed E-state index contributed by atoms with van der Waals surface area (Å²) in [5.74, 6) is 0.150. The molecule has 0 spiro atoms. The van der Waals surface area contributed by atoms with E-state index in [1.54, 1.807) is 12.1 Å². The number of hydrogen-bond donors (Lipinski definition) is 2. The van der Waals surface area contributed by atoms with Crippen molar-refractivity contribution in [1.29, 1.82) is 0 Å². The van der Waals surface area contributed by atoms with Gasteiger partial charge in [-0.05, 0) is 23.8 Å². The molecule has 76 valence electrons. The first-order valence-electron chi connectivity index (χ1n) is 4.65. The number of rotatable bonds is 2. The lowest BCUT2D eigenvalue weighted by Gasteiger charge is -2.02. The highest BCUT2D eigenvalue weighted by molar-refractivity contribution is 5.60. The van der Waals surface area contributed by atoms with Gasteiger partial charge >= 0.3 is 0 Å². The molecule has 0 saturated heterocycles. The third kappa shape index (κ3) is 2.14. The van der Waals surface area contributed by atoms with Crippen LogP contribution in [0.15, 0.2) is 42.6 Å². The zero-order valence-corrected chi connectivity index (χ0v) is 8.09. The van der Waals surface area contributed by atoms with E-state index in [-0.39, 0.29) is 12.4 Å². The zero-order valence-electron chi connectivity index (χ0n) is 8.09. The number of pyridine rings is 1. The van der Waals surface area contributed by atoms with Gasteiger partial charge in [-0.1, -0.05) is 18.2 Å². The van der Waals surface area contributed by atoms with Gasteiger partial charge in [0.25, 0.3) is 0 Å². The summed E-state index contributed by atoms with van der Waals surface area (Å²) in [5.41, 5.74) is 2.56. The van der Waals surface area contributed by atoms with Crippen LogP contribution in [-0.4, -0.2) is 15.2 Å². The van der Waals surface area contributed by atoms with E-state index in [4.69, 9.17) is 10.2 Å². The van der Waals surface area contributed by atoms with Crippen molar-refractivity contribution < 1.29 is 10.2 Å². The third-order valence-electron chi connectivity index (χ3n) is 2.15. The molecule has 15 heavy (non-hydrogen) atoms. The Kier molecular flexibility index (Phi) is 2.65. The second kappa shape index (κ2) is 4.11. The molecular formula is C12H11NO2. The minimum atomic E-state index is 0.0198. The molecule has 1 aromatic carbocycles. The van der Waals surface area contributed by atoms with Crippen molar-refractivity contribution in [2.24, 2.45) is 0 Å². The topological polar surface area (TPSA) is 53.4 Å². The molecule has 1 heterocycles. The number of nitrogens with zero attached hydrogens (tertiary/aromatic N) is 1. The van der Waals surface area contributed by atoms with Gasteiger partial charge in [0.1, 0.15) is 5.75 Å². The van der Waals surface area contributed by atoms with Gasteiger partial charge < -0.3 is 10.2 Å². The van der Waals surface area contributed by atoms with Crippen molar-refractivity contribution in [3.8, 4) is 17.0 Å². The molecule has 0 unspecified atom stereocenters. The molecule has 0 amide bonds. The van der Waals surface area contributed by atoms with Crippen molar-refractivity contribution in [3.05, 3.63) is 48.2 Å². The molecule has 0 aliphatic rings. The molecule has 3 heteroatoms. The van der Waals surface area contributed by atoms with Crippen LogP contribution in [0.1, 0.15) is 5.56 Å². The SMILES string of the molecule is OCc1cccc(-c2ccc(O)cn2)c1. The first-order chi connectivity index (χ1) is 7.29. The van der Waals surface area contributed by atoms with Gasteiger partial charge in [-0.15, -0.1) is 0 Å². The van der Waals surface area contributed by atoms with Crippen molar-refractivity contribution in [1.82, 2.24) is 4.98 Å². The predicted octanol–water partition coefficient (Wildman–Crippen LogP) is 1.95. The van der Waals surface area contributed by atoms with Gasteiger partial charge in [-0.3, -0.25) is 4.98 Å². The number of aromatic hydroxyl groups is 1. The molecule has 0 saturated carbocycles. The van der Waals surface area contributed by atoms with Crippen LogP contribution < -0.4 is 0 Å². The van der Waals surface area contributed by atoms with E-state index in [1.165, 1.54) is 6.20 Å². The number of aromatic nitrogens is 1. The van der Waals surface area contributed by atoms with Crippen LogP contribution in [0.5, 0.6) is 5.75 Å². The van der Waals surface area contributed by atoms with E-state index in [2.05, 4.69) is 4.98 Å². The molecule has 0 aliphatic carbocycles. The number of aliphatic hydroxyl groups excluding tert-OH is 1. The molecule has 0 atom stereocenters. The fourth-order valence-electron chi connectivity index (χ4n) is 1.39. The van der Waals surface area contributed by atoms with Crippen LogP contribution >= 0.6 is 0 Å². The normalized spacial score (nSPS) is 10.2. The molecule has 0 aliphatic heterocycles. The van der Waals surface area contributed by atoms with E-state index >= 15 is 0 Å². The predicted molar refractivity (Wildman–Crippen MR) is 57.3 cm³/mol. The Balaban J connectivity index is 2.40. The Labute approximate surface area is 87.7 Å². The third-order valence-corrected chi connectivity index (χ3v) is 2.15. The molecular weight excluding hydrogens is 190 g/mol. The maximum absolute atomic E-state index is 9.10. The number of benzene rings is 1. The average Bonchev–Trinajstić information content (AvgIpc) is 2.30. The summed E-state index contributed by atoms with van der Waals surface area (Å²) in [6, 6.07) is 10.8. The summed E-state index contributed by atoms with van der Waals surface area (Å²) in [4.78, 5) is 4.09. The summed E-state index contributed by atoms with van der Waals surface area (Å²) in [5, 5.41) is 18.1. The molecule has 2 N–H and O–H groups in total. The zero-order chi connectivity index (χ0) is 10.7. The lowest BCUT2D eigenvalue weighted by atomic mass is 10.1. The Morgan fingerprint density at radius 2 is 2.00 bits per heavy atom. The molecule has 0 fully saturated rings. The summed E-state index contributed by atoms with van der Waals surface area (Å²) < 4.78 is 0. The van der Waals surface area contributed by atoms with Gasteiger partial charge in [0.2, 0.25) is 0 Å². The Morgan fingerprint density at radius 3 is 2.67 bits per heavy atom. The molecule has 1 aromatic heterocycles. The van der Waals surface area contributed by atoms with Gasteiger partial charge in [0, 0.05) is 5.56 Å². The van der Waals surface area contributed by atoms with Crippen LogP contribution in [-0.2, 0) is 6.61 Å². The Morgan fingerprint density at radius 1 is 1.13 bits per heavy atom. The molecule has 0 bridgehead atoms. The second-order valence-electron chi connectivity index (χ2n) is 3.26. The number of aliphatic hydroxyl groups is 1. The quantitative estimate of drug-likeness (QED) is 0.780. The van der Waals surface area contributed by atoms with E-state index in [0.29, 0.717) is 0 Å². The summed E-state index contributed by atoms with van der Waals surface area (Å²) in [7, 11) is 0. The lowest BCUT2D eigenvalue weighted by Crippen LogP contribution is -1.86. The van der Waals surface area contributed by atoms with Gasteiger partial charge in [0.15, 0.2) is 0 Å². The smallest absolute Gasteiger partial charge is 0.133 e. The Bertz CT molecular complexity index is 451. The maximum Gasteiger partial charge on any atom is 0.133 e. The van der Waals surface area contributed by atoms with Crippen LogP contribution in [0.3, 0.4) is 0 Å². The van der Waals surface area contributed by atoms with Crippen LogP contribution in [0.2, 0.25) is 0 Å². The summed E-state index contributed by atoms with van der Waals surface area (Å²) in [6.07, 6.45) is 1.40.